The first-order valence-corrected chi connectivity index (χ1v) is 7.09. The maximum atomic E-state index is 10.4. The van der Waals surface area contributed by atoms with E-state index >= 15 is 0 Å². The van der Waals surface area contributed by atoms with Gasteiger partial charge in [0.25, 0.3) is 0 Å². The topological polar surface area (TPSA) is 53.4 Å². The van der Waals surface area contributed by atoms with Crippen molar-refractivity contribution in [1.82, 2.24) is 9.88 Å². The highest BCUT2D eigenvalue weighted by Gasteiger charge is 2.16. The average molecular weight is 266 g/mol. The lowest BCUT2D eigenvalue weighted by atomic mass is 9.99. The number of piperidine rings is 1. The summed E-state index contributed by atoms with van der Waals surface area (Å²) in [6.07, 6.45) is 5.19. The van der Waals surface area contributed by atoms with Gasteiger partial charge in [0.2, 0.25) is 0 Å². The van der Waals surface area contributed by atoms with Gasteiger partial charge < -0.3 is 5.11 Å². The summed E-state index contributed by atoms with van der Waals surface area (Å²) < 4.78 is 0. The third-order valence-corrected chi connectivity index (χ3v) is 4.05. The predicted molar refractivity (Wildman–Crippen MR) is 72.5 cm³/mol. The first kappa shape index (κ1) is 13.2. The van der Waals surface area contributed by atoms with E-state index in [4.69, 9.17) is 5.11 Å². The van der Waals surface area contributed by atoms with E-state index < -0.39 is 5.97 Å². The first-order chi connectivity index (χ1) is 8.63. The van der Waals surface area contributed by atoms with Crippen molar-refractivity contribution in [2.24, 2.45) is 5.92 Å². The lowest BCUT2D eigenvalue weighted by Crippen LogP contribution is -2.32. The molecule has 0 unspecified atom stereocenters. The molecule has 1 aromatic heterocycles. The minimum absolute atomic E-state index is 0.739. The second kappa shape index (κ2) is 6.11. The lowest BCUT2D eigenvalue weighted by molar-refractivity contribution is -0.131. The van der Waals surface area contributed by atoms with Gasteiger partial charge in [-0.15, -0.1) is 11.3 Å². The number of rotatable bonds is 4. The van der Waals surface area contributed by atoms with Crippen LogP contribution < -0.4 is 0 Å². The normalized spacial score (nSPS) is 18.5. The third-order valence-electron chi connectivity index (χ3n) is 3.20. The molecule has 1 aliphatic heterocycles. The zero-order chi connectivity index (χ0) is 13.0. The molecule has 2 heterocycles. The molecule has 2 rings (SSSR count). The van der Waals surface area contributed by atoms with E-state index in [1.807, 2.05) is 5.38 Å². The SMILES string of the molecule is CC1CCN(Cc2nc(/C=C/C(=O)O)cs2)CC1. The Labute approximate surface area is 111 Å². The molecule has 1 saturated heterocycles. The molecule has 1 aliphatic rings. The Morgan fingerprint density at radius 1 is 1.61 bits per heavy atom. The summed E-state index contributed by atoms with van der Waals surface area (Å²) >= 11 is 1.60. The summed E-state index contributed by atoms with van der Waals surface area (Å²) in [5.74, 6) is -0.0961. The number of carboxylic acid groups (broad SMARTS) is 1. The molecule has 0 atom stereocenters. The maximum Gasteiger partial charge on any atom is 0.328 e. The van der Waals surface area contributed by atoms with Gasteiger partial charge in [0, 0.05) is 11.5 Å². The molecule has 4 nitrogen and oxygen atoms in total. The van der Waals surface area contributed by atoms with Crippen LogP contribution in [0, 0.1) is 5.92 Å². The van der Waals surface area contributed by atoms with Crippen molar-refractivity contribution < 1.29 is 9.90 Å². The van der Waals surface area contributed by atoms with Crippen LogP contribution >= 0.6 is 11.3 Å². The number of hydrogen-bond donors (Lipinski definition) is 1. The zero-order valence-electron chi connectivity index (χ0n) is 10.5. The molecular formula is C13H18N2O2S. The van der Waals surface area contributed by atoms with Crippen molar-refractivity contribution >= 4 is 23.4 Å². The Hall–Kier alpha value is -1.20. The van der Waals surface area contributed by atoms with Gasteiger partial charge in [0.15, 0.2) is 0 Å². The Kier molecular flexibility index (Phi) is 4.49. The van der Waals surface area contributed by atoms with Gasteiger partial charge >= 0.3 is 5.97 Å². The summed E-state index contributed by atoms with van der Waals surface area (Å²) in [5, 5.41) is 11.5. The number of hydrogen-bond acceptors (Lipinski definition) is 4. The van der Waals surface area contributed by atoms with Gasteiger partial charge in [-0.2, -0.15) is 0 Å². The summed E-state index contributed by atoms with van der Waals surface area (Å²) in [7, 11) is 0. The van der Waals surface area contributed by atoms with Crippen molar-refractivity contribution in [2.45, 2.75) is 26.3 Å². The quantitative estimate of drug-likeness (QED) is 0.851. The lowest BCUT2D eigenvalue weighted by Gasteiger charge is -2.29. The van der Waals surface area contributed by atoms with Gasteiger partial charge in [0.05, 0.1) is 12.2 Å². The highest BCUT2D eigenvalue weighted by Crippen LogP contribution is 2.19. The minimum atomic E-state index is -0.936. The molecule has 0 aromatic carbocycles. The molecule has 0 radical (unpaired) electrons. The summed E-state index contributed by atoms with van der Waals surface area (Å²) in [6.45, 7) is 5.47. The van der Waals surface area contributed by atoms with Crippen LogP contribution in [0.15, 0.2) is 11.5 Å². The number of carbonyl (C=O) groups is 1. The first-order valence-electron chi connectivity index (χ1n) is 6.21. The molecule has 0 bridgehead atoms. The fraction of sp³-hybridized carbons (Fsp3) is 0.538. The highest BCUT2D eigenvalue weighted by molar-refractivity contribution is 7.09. The fourth-order valence-electron chi connectivity index (χ4n) is 2.04. The van der Waals surface area contributed by atoms with Crippen LogP contribution in [-0.4, -0.2) is 34.0 Å². The maximum absolute atomic E-state index is 10.4. The molecule has 0 saturated carbocycles. The Balaban J connectivity index is 1.88. The molecule has 0 aliphatic carbocycles. The molecule has 1 N–H and O–H groups in total. The van der Waals surface area contributed by atoms with E-state index in [9.17, 15) is 4.79 Å². The molecular weight excluding hydrogens is 248 g/mol. The highest BCUT2D eigenvalue weighted by atomic mass is 32.1. The van der Waals surface area contributed by atoms with E-state index in [-0.39, 0.29) is 0 Å². The largest absolute Gasteiger partial charge is 0.478 e. The Morgan fingerprint density at radius 3 is 3.00 bits per heavy atom. The number of likely N-dealkylation sites (tertiary alicyclic amines) is 1. The Bertz CT molecular complexity index is 434. The molecule has 18 heavy (non-hydrogen) atoms. The second-order valence-electron chi connectivity index (χ2n) is 4.80. The smallest absolute Gasteiger partial charge is 0.328 e. The minimum Gasteiger partial charge on any atom is -0.478 e. The van der Waals surface area contributed by atoms with Crippen molar-refractivity contribution in [3.8, 4) is 0 Å². The van der Waals surface area contributed by atoms with Crippen molar-refractivity contribution in [1.29, 1.82) is 0 Å². The van der Waals surface area contributed by atoms with Crippen LogP contribution in [0.1, 0.15) is 30.5 Å². The molecule has 1 fully saturated rings. The summed E-state index contributed by atoms with van der Waals surface area (Å²) in [4.78, 5) is 17.2. The second-order valence-corrected chi connectivity index (χ2v) is 5.74. The standard InChI is InChI=1S/C13H18N2O2S/c1-10-4-6-15(7-5-10)8-12-14-11(9-18-12)2-3-13(16)17/h2-3,9-10H,4-8H2,1H3,(H,16,17)/b3-2+. The number of nitrogens with zero attached hydrogens (tertiary/aromatic N) is 2. The van der Waals surface area contributed by atoms with Crippen molar-refractivity contribution in [3.05, 3.63) is 22.2 Å². The third kappa shape index (κ3) is 3.92. The molecule has 0 amide bonds. The van der Waals surface area contributed by atoms with Gasteiger partial charge in [-0.1, -0.05) is 6.92 Å². The van der Waals surface area contributed by atoms with E-state index in [1.54, 1.807) is 17.4 Å². The number of aromatic nitrogens is 1. The molecule has 1 aromatic rings. The fourth-order valence-corrected chi connectivity index (χ4v) is 2.85. The van der Waals surface area contributed by atoms with E-state index in [1.165, 1.54) is 12.8 Å². The monoisotopic (exact) mass is 266 g/mol. The van der Waals surface area contributed by atoms with Gasteiger partial charge in [-0.25, -0.2) is 9.78 Å². The molecule has 0 spiro atoms. The van der Waals surface area contributed by atoms with Crippen LogP contribution in [0.25, 0.3) is 6.08 Å². The summed E-state index contributed by atoms with van der Waals surface area (Å²) in [5.41, 5.74) is 0.739. The molecule has 5 heteroatoms. The average Bonchev–Trinajstić information content (AvgIpc) is 2.77. The van der Waals surface area contributed by atoms with E-state index in [2.05, 4.69) is 16.8 Å². The zero-order valence-corrected chi connectivity index (χ0v) is 11.3. The van der Waals surface area contributed by atoms with E-state index in [0.717, 1.165) is 42.3 Å². The van der Waals surface area contributed by atoms with Crippen molar-refractivity contribution in [3.63, 3.8) is 0 Å². The summed E-state index contributed by atoms with van der Waals surface area (Å²) in [6, 6.07) is 0. The van der Waals surface area contributed by atoms with Crippen LogP contribution in [0.4, 0.5) is 0 Å². The van der Waals surface area contributed by atoms with Crippen LogP contribution in [0.5, 0.6) is 0 Å². The van der Waals surface area contributed by atoms with Crippen molar-refractivity contribution in [2.75, 3.05) is 13.1 Å². The predicted octanol–water partition coefficient (Wildman–Crippen LogP) is 2.47. The van der Waals surface area contributed by atoms with Gasteiger partial charge in [-0.3, -0.25) is 4.90 Å². The number of thiazole rings is 1. The van der Waals surface area contributed by atoms with Gasteiger partial charge in [0.1, 0.15) is 5.01 Å². The Morgan fingerprint density at radius 2 is 2.33 bits per heavy atom. The van der Waals surface area contributed by atoms with Crippen LogP contribution in [-0.2, 0) is 11.3 Å². The van der Waals surface area contributed by atoms with E-state index in [0.29, 0.717) is 0 Å². The van der Waals surface area contributed by atoms with Crippen LogP contribution in [0.3, 0.4) is 0 Å². The van der Waals surface area contributed by atoms with Crippen LogP contribution in [0.2, 0.25) is 0 Å². The van der Waals surface area contributed by atoms with Gasteiger partial charge in [-0.05, 0) is 37.9 Å². The number of aliphatic carboxylic acids is 1. The molecule has 98 valence electrons. The number of carboxylic acids is 1.